The third kappa shape index (κ3) is 4.16. The minimum atomic E-state index is -0.964. The molecule has 0 saturated carbocycles. The SMILES string of the molecule is O=C(NCC(=O)N1CCN(c2nc3cccnc3s2)CC1)c1ccc(F)cc1F. The van der Waals surface area contributed by atoms with E-state index in [2.05, 4.69) is 20.2 Å². The van der Waals surface area contributed by atoms with Crippen molar-refractivity contribution in [1.82, 2.24) is 20.2 Å². The van der Waals surface area contributed by atoms with Gasteiger partial charge in [0.2, 0.25) is 5.91 Å². The summed E-state index contributed by atoms with van der Waals surface area (Å²) in [6.45, 7) is 1.96. The smallest absolute Gasteiger partial charge is 0.254 e. The Hall–Kier alpha value is -3.14. The van der Waals surface area contributed by atoms with Crippen molar-refractivity contribution in [1.29, 1.82) is 0 Å². The van der Waals surface area contributed by atoms with E-state index >= 15 is 0 Å². The van der Waals surface area contributed by atoms with Gasteiger partial charge in [0, 0.05) is 38.4 Å². The Morgan fingerprint density at radius 3 is 2.66 bits per heavy atom. The molecule has 150 valence electrons. The first-order chi connectivity index (χ1) is 14.0. The highest BCUT2D eigenvalue weighted by atomic mass is 32.1. The van der Waals surface area contributed by atoms with Crippen LogP contribution in [-0.4, -0.2) is 59.4 Å². The Morgan fingerprint density at radius 2 is 1.93 bits per heavy atom. The van der Waals surface area contributed by atoms with Gasteiger partial charge in [-0.15, -0.1) is 0 Å². The number of nitrogens with one attached hydrogen (secondary N) is 1. The van der Waals surface area contributed by atoms with E-state index in [1.165, 1.54) is 11.3 Å². The first-order valence-electron chi connectivity index (χ1n) is 8.99. The van der Waals surface area contributed by atoms with Crippen molar-refractivity contribution in [2.75, 3.05) is 37.6 Å². The van der Waals surface area contributed by atoms with Crippen molar-refractivity contribution in [3.63, 3.8) is 0 Å². The lowest BCUT2D eigenvalue weighted by molar-refractivity contribution is -0.130. The molecule has 3 aromatic rings. The first-order valence-corrected chi connectivity index (χ1v) is 9.80. The predicted octanol–water partition coefficient (Wildman–Crippen LogP) is 2.05. The van der Waals surface area contributed by atoms with Gasteiger partial charge in [-0.05, 0) is 24.3 Å². The molecule has 0 radical (unpaired) electrons. The van der Waals surface area contributed by atoms with Gasteiger partial charge in [-0.3, -0.25) is 9.59 Å². The van der Waals surface area contributed by atoms with Gasteiger partial charge in [0.25, 0.3) is 5.91 Å². The number of hydrogen-bond donors (Lipinski definition) is 1. The molecule has 0 bridgehead atoms. The lowest BCUT2D eigenvalue weighted by atomic mass is 10.2. The minimum Gasteiger partial charge on any atom is -0.344 e. The fourth-order valence-electron chi connectivity index (χ4n) is 3.08. The Morgan fingerprint density at radius 1 is 1.14 bits per heavy atom. The molecule has 0 spiro atoms. The van der Waals surface area contributed by atoms with Crippen molar-refractivity contribution >= 4 is 38.6 Å². The monoisotopic (exact) mass is 417 g/mol. The summed E-state index contributed by atoms with van der Waals surface area (Å²) in [5, 5.41) is 3.26. The highest BCUT2D eigenvalue weighted by Crippen LogP contribution is 2.27. The van der Waals surface area contributed by atoms with Crippen LogP contribution in [-0.2, 0) is 4.79 Å². The summed E-state index contributed by atoms with van der Waals surface area (Å²) in [4.78, 5) is 37.9. The topological polar surface area (TPSA) is 78.4 Å². The summed E-state index contributed by atoms with van der Waals surface area (Å²) < 4.78 is 26.6. The molecule has 0 aliphatic carbocycles. The van der Waals surface area contributed by atoms with Gasteiger partial charge in [0.05, 0.1) is 12.1 Å². The number of aromatic nitrogens is 2. The highest BCUT2D eigenvalue weighted by molar-refractivity contribution is 7.21. The zero-order valence-corrected chi connectivity index (χ0v) is 16.1. The maximum atomic E-state index is 13.7. The standard InChI is InChI=1S/C19H17F2N5O2S/c20-12-3-4-13(14(21)10-12)17(28)23-11-16(27)25-6-8-26(9-7-25)19-24-15-2-1-5-22-18(15)29-19/h1-5,10H,6-9,11H2,(H,23,28). The Bertz CT molecular complexity index is 1030. The van der Waals surface area contributed by atoms with Crippen LogP contribution in [0.2, 0.25) is 0 Å². The van der Waals surface area contributed by atoms with Gasteiger partial charge in [-0.1, -0.05) is 11.3 Å². The van der Waals surface area contributed by atoms with Crippen LogP contribution in [0.1, 0.15) is 10.4 Å². The van der Waals surface area contributed by atoms with Crippen LogP contribution in [0.5, 0.6) is 0 Å². The lowest BCUT2D eigenvalue weighted by Gasteiger charge is -2.34. The first kappa shape index (κ1) is 19.2. The molecule has 1 aliphatic heterocycles. The molecule has 4 rings (SSSR count). The molecule has 2 amide bonds. The average Bonchev–Trinajstić information content (AvgIpc) is 3.16. The average molecular weight is 417 g/mol. The number of rotatable bonds is 4. The quantitative estimate of drug-likeness (QED) is 0.703. The molecule has 3 heterocycles. The second kappa shape index (κ2) is 8.08. The summed E-state index contributed by atoms with van der Waals surface area (Å²) in [5.41, 5.74) is 0.551. The Labute approximate surface area is 169 Å². The van der Waals surface area contributed by atoms with Crippen molar-refractivity contribution in [3.8, 4) is 0 Å². The molecular weight excluding hydrogens is 400 g/mol. The number of benzene rings is 1. The Balaban J connectivity index is 1.30. The number of anilines is 1. The van der Waals surface area contributed by atoms with Crippen molar-refractivity contribution in [2.45, 2.75) is 0 Å². The third-order valence-electron chi connectivity index (χ3n) is 4.63. The van der Waals surface area contributed by atoms with Crippen LogP contribution in [0.4, 0.5) is 13.9 Å². The lowest BCUT2D eigenvalue weighted by Crippen LogP contribution is -2.51. The van der Waals surface area contributed by atoms with Crippen molar-refractivity contribution < 1.29 is 18.4 Å². The van der Waals surface area contributed by atoms with Gasteiger partial charge >= 0.3 is 0 Å². The van der Waals surface area contributed by atoms with Gasteiger partial charge in [-0.25, -0.2) is 18.7 Å². The number of fused-ring (bicyclic) bond motifs is 1. The molecule has 1 aromatic carbocycles. The van der Waals surface area contributed by atoms with Crippen LogP contribution < -0.4 is 10.2 Å². The molecule has 0 atom stereocenters. The minimum absolute atomic E-state index is 0.249. The largest absolute Gasteiger partial charge is 0.344 e. The van der Waals surface area contributed by atoms with Gasteiger partial charge < -0.3 is 15.1 Å². The van der Waals surface area contributed by atoms with Crippen molar-refractivity contribution in [3.05, 3.63) is 53.7 Å². The van der Waals surface area contributed by atoms with E-state index in [9.17, 15) is 18.4 Å². The van der Waals surface area contributed by atoms with Crippen molar-refractivity contribution in [2.24, 2.45) is 0 Å². The molecule has 10 heteroatoms. The summed E-state index contributed by atoms with van der Waals surface area (Å²) in [6.07, 6.45) is 1.73. The van der Waals surface area contributed by atoms with E-state index in [4.69, 9.17) is 0 Å². The number of carbonyl (C=O) groups excluding carboxylic acids is 2. The number of hydrogen-bond acceptors (Lipinski definition) is 6. The van der Waals surface area contributed by atoms with Crippen LogP contribution >= 0.6 is 11.3 Å². The predicted molar refractivity (Wildman–Crippen MR) is 105 cm³/mol. The van der Waals surface area contributed by atoms with E-state index < -0.39 is 17.5 Å². The fraction of sp³-hybridized carbons (Fsp3) is 0.263. The summed E-state index contributed by atoms with van der Waals surface area (Å²) in [6, 6.07) is 6.43. The van der Waals surface area contributed by atoms with E-state index in [-0.39, 0.29) is 18.0 Å². The molecule has 2 aromatic heterocycles. The number of amides is 2. The number of nitrogens with zero attached hydrogens (tertiary/aromatic N) is 4. The summed E-state index contributed by atoms with van der Waals surface area (Å²) >= 11 is 1.51. The number of halogens is 2. The molecule has 1 fully saturated rings. The normalized spacial score (nSPS) is 14.3. The maximum absolute atomic E-state index is 13.7. The van der Waals surface area contributed by atoms with Crippen LogP contribution in [0, 0.1) is 11.6 Å². The molecule has 29 heavy (non-hydrogen) atoms. The highest BCUT2D eigenvalue weighted by Gasteiger charge is 2.24. The van der Waals surface area contributed by atoms with Gasteiger partial charge in [0.1, 0.15) is 22.0 Å². The molecule has 0 unspecified atom stereocenters. The maximum Gasteiger partial charge on any atom is 0.254 e. The third-order valence-corrected chi connectivity index (χ3v) is 5.67. The van der Waals surface area contributed by atoms with E-state index in [1.54, 1.807) is 11.1 Å². The molecule has 1 aliphatic rings. The fourth-order valence-corrected chi connectivity index (χ4v) is 4.04. The zero-order valence-electron chi connectivity index (χ0n) is 15.3. The van der Waals surface area contributed by atoms with Crippen LogP contribution in [0.15, 0.2) is 36.5 Å². The number of pyridine rings is 1. The summed E-state index contributed by atoms with van der Waals surface area (Å²) in [5.74, 6) is -2.74. The van der Waals surface area contributed by atoms with Crippen LogP contribution in [0.3, 0.4) is 0 Å². The van der Waals surface area contributed by atoms with E-state index in [0.29, 0.717) is 32.2 Å². The second-order valence-corrected chi connectivity index (χ2v) is 7.45. The van der Waals surface area contributed by atoms with E-state index in [1.807, 2.05) is 12.1 Å². The number of carbonyl (C=O) groups is 2. The molecule has 1 saturated heterocycles. The molecule has 7 nitrogen and oxygen atoms in total. The Kier molecular flexibility index (Phi) is 5.34. The number of piperazine rings is 1. The van der Waals surface area contributed by atoms with Gasteiger partial charge in [-0.2, -0.15) is 0 Å². The molecular formula is C19H17F2N5O2S. The number of thiazole rings is 1. The van der Waals surface area contributed by atoms with Crippen LogP contribution in [0.25, 0.3) is 10.3 Å². The van der Waals surface area contributed by atoms with Gasteiger partial charge in [0.15, 0.2) is 5.13 Å². The van der Waals surface area contributed by atoms with E-state index in [0.717, 1.165) is 27.6 Å². The summed E-state index contributed by atoms with van der Waals surface area (Å²) in [7, 11) is 0. The zero-order chi connectivity index (χ0) is 20.4. The molecule has 1 N–H and O–H groups in total. The second-order valence-electron chi connectivity index (χ2n) is 6.50.